The molecule has 5 heteroatoms. The summed E-state index contributed by atoms with van der Waals surface area (Å²) in [4.78, 5) is 2.45. The molecule has 3 aliphatic rings. The lowest BCUT2D eigenvalue weighted by Gasteiger charge is -2.28. The number of ether oxygens (including phenoxy) is 2. The van der Waals surface area contributed by atoms with Crippen LogP contribution in [-0.4, -0.2) is 68.2 Å². The minimum absolute atomic E-state index is 0.242. The van der Waals surface area contributed by atoms with Crippen LogP contribution in [-0.2, 0) is 9.47 Å². The predicted octanol–water partition coefficient (Wildman–Crippen LogP) is 0.814. The van der Waals surface area contributed by atoms with Crippen molar-refractivity contribution in [2.75, 3.05) is 46.0 Å². The molecule has 0 aliphatic carbocycles. The van der Waals surface area contributed by atoms with Gasteiger partial charge in [-0.3, -0.25) is 4.90 Å². The summed E-state index contributed by atoms with van der Waals surface area (Å²) < 4.78 is 11.5. The van der Waals surface area contributed by atoms with Gasteiger partial charge in [-0.05, 0) is 19.3 Å². The van der Waals surface area contributed by atoms with Crippen molar-refractivity contribution in [3.8, 4) is 0 Å². The van der Waals surface area contributed by atoms with Crippen LogP contribution < -0.4 is 5.43 Å². The Morgan fingerprint density at radius 1 is 1.11 bits per heavy atom. The molecule has 2 atom stereocenters. The highest BCUT2D eigenvalue weighted by Gasteiger charge is 2.33. The van der Waals surface area contributed by atoms with E-state index in [2.05, 4.69) is 15.3 Å². The van der Waals surface area contributed by atoms with Crippen molar-refractivity contribution in [3.63, 3.8) is 0 Å². The van der Waals surface area contributed by atoms with E-state index in [1.807, 2.05) is 0 Å². The lowest BCUT2D eigenvalue weighted by molar-refractivity contribution is 0.00478. The number of hydrogen-bond donors (Lipinski definition) is 1. The van der Waals surface area contributed by atoms with Crippen molar-refractivity contribution in [3.05, 3.63) is 0 Å². The Morgan fingerprint density at radius 2 is 2.11 bits per heavy atom. The summed E-state index contributed by atoms with van der Waals surface area (Å²) in [6.45, 7) is 7.04. The smallest absolute Gasteiger partial charge is 0.122 e. The molecule has 0 saturated carbocycles. The first-order valence-electron chi connectivity index (χ1n) is 7.86. The molecular formula is C14H27N3O2. The van der Waals surface area contributed by atoms with Crippen molar-refractivity contribution >= 4 is 0 Å². The second-order valence-corrected chi connectivity index (χ2v) is 5.87. The number of rotatable bonds is 4. The Kier molecular flexibility index (Phi) is 5.07. The zero-order valence-electron chi connectivity index (χ0n) is 11.9. The van der Waals surface area contributed by atoms with Gasteiger partial charge in [-0.1, -0.05) is 6.42 Å². The van der Waals surface area contributed by atoms with Crippen LogP contribution in [0.4, 0.5) is 0 Å². The third-order valence-electron chi connectivity index (χ3n) is 4.46. The number of fused-ring (bicyclic) bond motifs is 1. The number of nitrogens with one attached hydrogen (secondary N) is 1. The molecule has 0 bridgehead atoms. The van der Waals surface area contributed by atoms with E-state index in [1.54, 1.807) is 0 Å². The Hall–Kier alpha value is -0.200. The van der Waals surface area contributed by atoms with Crippen LogP contribution in [0.15, 0.2) is 0 Å². The molecule has 3 aliphatic heterocycles. The topological polar surface area (TPSA) is 37.0 Å². The molecule has 0 radical (unpaired) electrons. The van der Waals surface area contributed by atoms with Gasteiger partial charge < -0.3 is 9.47 Å². The predicted molar refractivity (Wildman–Crippen MR) is 73.7 cm³/mol. The van der Waals surface area contributed by atoms with Crippen molar-refractivity contribution < 1.29 is 9.47 Å². The molecular weight excluding hydrogens is 242 g/mol. The fourth-order valence-electron chi connectivity index (χ4n) is 3.35. The van der Waals surface area contributed by atoms with Gasteiger partial charge in [-0.15, -0.1) is 0 Å². The van der Waals surface area contributed by atoms with Crippen LogP contribution in [0.1, 0.15) is 32.1 Å². The number of hydrogen-bond acceptors (Lipinski definition) is 5. The largest absolute Gasteiger partial charge is 0.380 e. The maximum Gasteiger partial charge on any atom is 0.122 e. The first kappa shape index (κ1) is 13.8. The summed E-state index contributed by atoms with van der Waals surface area (Å²) in [7, 11) is 0. The van der Waals surface area contributed by atoms with Crippen LogP contribution >= 0.6 is 0 Å². The van der Waals surface area contributed by atoms with Crippen molar-refractivity contribution in [1.82, 2.24) is 15.3 Å². The first-order valence-corrected chi connectivity index (χ1v) is 7.86. The summed E-state index contributed by atoms with van der Waals surface area (Å²) in [5.74, 6) is 0. The molecule has 3 saturated heterocycles. The summed E-state index contributed by atoms with van der Waals surface area (Å²) in [6, 6.07) is 0.713. The summed E-state index contributed by atoms with van der Waals surface area (Å²) in [6.07, 6.45) is 6.58. The average Bonchev–Trinajstić information content (AvgIpc) is 2.66. The van der Waals surface area contributed by atoms with Crippen LogP contribution in [0.3, 0.4) is 0 Å². The van der Waals surface area contributed by atoms with Gasteiger partial charge in [0.05, 0.1) is 13.2 Å². The van der Waals surface area contributed by atoms with E-state index in [-0.39, 0.29) is 6.23 Å². The molecule has 3 fully saturated rings. The van der Waals surface area contributed by atoms with Crippen molar-refractivity contribution in [2.45, 2.75) is 44.4 Å². The lowest BCUT2D eigenvalue weighted by Crippen LogP contribution is -2.43. The molecule has 0 aromatic rings. The molecule has 0 aromatic carbocycles. The van der Waals surface area contributed by atoms with Gasteiger partial charge in [0, 0.05) is 45.2 Å². The Morgan fingerprint density at radius 3 is 3.05 bits per heavy atom. The average molecular weight is 269 g/mol. The van der Waals surface area contributed by atoms with Gasteiger partial charge in [0.25, 0.3) is 0 Å². The van der Waals surface area contributed by atoms with Crippen molar-refractivity contribution in [2.24, 2.45) is 0 Å². The van der Waals surface area contributed by atoms with E-state index >= 15 is 0 Å². The molecule has 3 heterocycles. The molecule has 5 nitrogen and oxygen atoms in total. The monoisotopic (exact) mass is 269 g/mol. The summed E-state index contributed by atoms with van der Waals surface area (Å²) in [5, 5.41) is 2.40. The molecule has 3 rings (SSSR count). The fourth-order valence-corrected chi connectivity index (χ4v) is 3.35. The lowest BCUT2D eigenvalue weighted by atomic mass is 10.0. The summed E-state index contributed by atoms with van der Waals surface area (Å²) in [5.41, 5.74) is 3.51. The minimum atomic E-state index is 0.242. The van der Waals surface area contributed by atoms with Gasteiger partial charge in [0.2, 0.25) is 0 Å². The van der Waals surface area contributed by atoms with E-state index in [1.165, 1.54) is 25.8 Å². The molecule has 0 aromatic heterocycles. The van der Waals surface area contributed by atoms with Crippen LogP contribution in [0.2, 0.25) is 0 Å². The van der Waals surface area contributed by atoms with Gasteiger partial charge in [-0.25, -0.2) is 10.4 Å². The molecule has 2 unspecified atom stereocenters. The third-order valence-corrected chi connectivity index (χ3v) is 4.46. The van der Waals surface area contributed by atoms with Gasteiger partial charge >= 0.3 is 0 Å². The fraction of sp³-hybridized carbons (Fsp3) is 1.00. The molecule has 1 N–H and O–H groups in total. The van der Waals surface area contributed by atoms with Gasteiger partial charge in [0.15, 0.2) is 0 Å². The van der Waals surface area contributed by atoms with Gasteiger partial charge in [-0.2, -0.15) is 0 Å². The highest BCUT2D eigenvalue weighted by atomic mass is 16.5. The third kappa shape index (κ3) is 3.89. The van der Waals surface area contributed by atoms with E-state index in [9.17, 15) is 0 Å². The second-order valence-electron chi connectivity index (χ2n) is 5.87. The Labute approximate surface area is 116 Å². The number of nitrogens with zero attached hydrogens (tertiary/aromatic N) is 2. The first-order chi connectivity index (χ1) is 9.42. The minimum Gasteiger partial charge on any atom is -0.380 e. The maximum absolute atomic E-state index is 6.00. The second kappa shape index (κ2) is 6.99. The zero-order valence-corrected chi connectivity index (χ0v) is 11.9. The highest BCUT2D eigenvalue weighted by Crippen LogP contribution is 2.24. The zero-order chi connectivity index (χ0) is 12.9. The highest BCUT2D eigenvalue weighted by molar-refractivity contribution is 4.83. The van der Waals surface area contributed by atoms with Crippen LogP contribution in [0, 0.1) is 0 Å². The maximum atomic E-state index is 6.00. The standard InChI is InChI=1S/C14H27N3O2/c1-2-6-17-13(4-1)12-14(15-17)19-11-8-16-5-3-9-18-10-7-16/h13-15H,1-12H2. The molecule has 0 amide bonds. The van der Waals surface area contributed by atoms with E-state index in [0.29, 0.717) is 6.04 Å². The van der Waals surface area contributed by atoms with Crippen LogP contribution in [0.5, 0.6) is 0 Å². The van der Waals surface area contributed by atoms with E-state index < -0.39 is 0 Å². The quantitative estimate of drug-likeness (QED) is 0.817. The molecule has 19 heavy (non-hydrogen) atoms. The summed E-state index contributed by atoms with van der Waals surface area (Å²) >= 11 is 0. The SMILES string of the molecule is C1CCN2NC(OCCN3CCCOCC3)CC2C1. The normalized spacial score (nSPS) is 34.1. The number of hydrazine groups is 1. The number of piperidine rings is 1. The van der Waals surface area contributed by atoms with E-state index in [4.69, 9.17) is 9.47 Å². The molecule has 110 valence electrons. The molecule has 0 spiro atoms. The van der Waals surface area contributed by atoms with Gasteiger partial charge in [0.1, 0.15) is 6.23 Å². The Bertz CT molecular complexity index is 255. The Balaban J connectivity index is 1.34. The van der Waals surface area contributed by atoms with E-state index in [0.717, 1.165) is 52.3 Å². The van der Waals surface area contributed by atoms with Crippen molar-refractivity contribution in [1.29, 1.82) is 0 Å². The van der Waals surface area contributed by atoms with Crippen LogP contribution in [0.25, 0.3) is 0 Å².